The van der Waals surface area contributed by atoms with E-state index in [0.29, 0.717) is 49.7 Å². The van der Waals surface area contributed by atoms with Gasteiger partial charge in [0.15, 0.2) is 0 Å². The van der Waals surface area contributed by atoms with E-state index in [0.717, 1.165) is 18.4 Å². The molecule has 2 aromatic rings. The van der Waals surface area contributed by atoms with Gasteiger partial charge in [-0.25, -0.2) is 13.3 Å². The van der Waals surface area contributed by atoms with Crippen LogP contribution in [0, 0.1) is 16.7 Å². The number of amides is 1. The van der Waals surface area contributed by atoms with Crippen LogP contribution in [-0.2, 0) is 26.9 Å². The number of carbonyl (C=O) groups is 1. The fourth-order valence-corrected chi connectivity index (χ4v) is 6.09. The second-order valence-corrected chi connectivity index (χ2v) is 12.3. The van der Waals surface area contributed by atoms with Gasteiger partial charge in [-0.2, -0.15) is 5.26 Å². The van der Waals surface area contributed by atoms with Gasteiger partial charge in [-0.3, -0.25) is 0 Å². The number of hydrogen-bond acceptors (Lipinski definition) is 7. The summed E-state index contributed by atoms with van der Waals surface area (Å²) in [6, 6.07) is 18.1. The number of nitrogens with one attached hydrogen (secondary N) is 1. The van der Waals surface area contributed by atoms with Crippen molar-refractivity contribution in [2.75, 3.05) is 33.4 Å². The van der Waals surface area contributed by atoms with E-state index in [9.17, 15) is 14.1 Å². The lowest BCUT2D eigenvalue weighted by Gasteiger charge is -2.34. The van der Waals surface area contributed by atoms with Crippen molar-refractivity contribution < 1.29 is 28.3 Å². The predicted molar refractivity (Wildman–Crippen MR) is 153 cm³/mol. The molecule has 0 bridgehead atoms. The Morgan fingerprint density at radius 3 is 2.60 bits per heavy atom. The minimum absolute atomic E-state index is 0.0463. The van der Waals surface area contributed by atoms with Crippen LogP contribution in [0.5, 0.6) is 5.75 Å². The van der Waals surface area contributed by atoms with Crippen LogP contribution in [0.25, 0.3) is 0 Å². The molecule has 1 aliphatic rings. The van der Waals surface area contributed by atoms with Crippen LogP contribution in [-0.4, -0.2) is 71.4 Å². The number of nitriles is 1. The summed E-state index contributed by atoms with van der Waals surface area (Å²) in [7, 11) is -0.0205. The van der Waals surface area contributed by atoms with Crippen molar-refractivity contribution in [2.45, 2.75) is 69.1 Å². The topological polar surface area (TPSA) is 121 Å². The summed E-state index contributed by atoms with van der Waals surface area (Å²) in [6.07, 6.45) is 0.952. The molecule has 0 aliphatic carbocycles. The molecule has 9 nitrogen and oxygen atoms in total. The van der Waals surface area contributed by atoms with Gasteiger partial charge < -0.3 is 24.6 Å². The van der Waals surface area contributed by atoms with E-state index in [-0.39, 0.29) is 18.1 Å². The molecule has 1 aliphatic heterocycles. The van der Waals surface area contributed by atoms with Crippen LogP contribution in [0.4, 0.5) is 4.79 Å². The van der Waals surface area contributed by atoms with Crippen molar-refractivity contribution in [3.05, 3.63) is 60.2 Å². The number of aliphatic hydroxyl groups excluding tert-OH is 1. The second-order valence-electron chi connectivity index (χ2n) is 10.8. The van der Waals surface area contributed by atoms with Gasteiger partial charge in [0, 0.05) is 25.9 Å². The van der Waals surface area contributed by atoms with E-state index >= 15 is 0 Å². The number of aliphatic hydroxyl groups is 1. The third-order valence-electron chi connectivity index (χ3n) is 6.86. The summed E-state index contributed by atoms with van der Waals surface area (Å²) >= 11 is 0. The Labute approximate surface area is 240 Å². The lowest BCUT2D eigenvalue weighted by Crippen LogP contribution is -2.51. The number of carbonyl (C=O) groups excluding carboxylic acids is 1. The zero-order valence-electron chi connectivity index (χ0n) is 23.6. The molecule has 2 aromatic carbocycles. The second kappa shape index (κ2) is 15.7. The van der Waals surface area contributed by atoms with Crippen molar-refractivity contribution >= 4 is 17.1 Å². The molecule has 0 aromatic heterocycles. The number of rotatable bonds is 15. The van der Waals surface area contributed by atoms with Gasteiger partial charge in [-0.05, 0) is 54.5 Å². The van der Waals surface area contributed by atoms with Crippen molar-refractivity contribution in [3.63, 3.8) is 0 Å². The Kier molecular flexibility index (Phi) is 12.4. The molecule has 0 saturated carbocycles. The van der Waals surface area contributed by atoms with E-state index in [1.54, 1.807) is 35.7 Å². The molecule has 0 spiro atoms. The molecule has 10 heteroatoms. The van der Waals surface area contributed by atoms with Crippen LogP contribution in [0.1, 0.15) is 45.1 Å². The van der Waals surface area contributed by atoms with Crippen LogP contribution in [0.15, 0.2) is 59.5 Å². The zero-order valence-corrected chi connectivity index (χ0v) is 24.4. The molecule has 2 N–H and O–H groups in total. The van der Waals surface area contributed by atoms with E-state index in [4.69, 9.17) is 19.5 Å². The van der Waals surface area contributed by atoms with Crippen molar-refractivity contribution in [3.8, 4) is 11.8 Å². The highest BCUT2D eigenvalue weighted by Crippen LogP contribution is 2.27. The predicted octanol–water partition coefficient (Wildman–Crippen LogP) is 4.23. The van der Waals surface area contributed by atoms with E-state index in [1.807, 2.05) is 30.3 Å². The van der Waals surface area contributed by atoms with Crippen molar-refractivity contribution in [2.24, 2.45) is 5.41 Å². The summed E-state index contributed by atoms with van der Waals surface area (Å²) in [6.45, 7) is 5.49. The number of alkyl carbamates (subject to hydrolysis) is 1. The number of nitrogens with zero attached hydrogens (tertiary/aromatic N) is 2. The minimum atomic E-state index is -1.59. The lowest BCUT2D eigenvalue weighted by atomic mass is 9.87. The van der Waals surface area contributed by atoms with E-state index < -0.39 is 29.2 Å². The van der Waals surface area contributed by atoms with E-state index in [1.165, 1.54) is 0 Å². The Hall–Kier alpha value is -2.97. The maximum absolute atomic E-state index is 13.8. The SMILES string of the molecule is COc1ccc(S(=O)N(C[C@@H](O)[C@H](Cc2ccccc2)NC(=O)O[C@H]2CCOC2)CC(C)(C)CCCC#N)cc1. The lowest BCUT2D eigenvalue weighted by molar-refractivity contribution is 0.0629. The summed E-state index contributed by atoms with van der Waals surface area (Å²) in [4.78, 5) is 13.3. The van der Waals surface area contributed by atoms with Gasteiger partial charge in [-0.15, -0.1) is 0 Å². The van der Waals surface area contributed by atoms with Crippen molar-refractivity contribution in [1.82, 2.24) is 9.62 Å². The zero-order chi connectivity index (χ0) is 29.0. The average molecular weight is 572 g/mol. The summed E-state index contributed by atoms with van der Waals surface area (Å²) in [5, 5.41) is 23.3. The van der Waals surface area contributed by atoms with Crippen molar-refractivity contribution in [1.29, 1.82) is 5.26 Å². The maximum Gasteiger partial charge on any atom is 0.407 e. The molecule has 218 valence electrons. The third kappa shape index (κ3) is 10.2. The first-order chi connectivity index (χ1) is 19.2. The van der Waals surface area contributed by atoms with Gasteiger partial charge in [0.25, 0.3) is 0 Å². The summed E-state index contributed by atoms with van der Waals surface area (Å²) in [5.41, 5.74) is 0.665. The Balaban J connectivity index is 1.81. The fourth-order valence-electron chi connectivity index (χ4n) is 4.66. The minimum Gasteiger partial charge on any atom is -0.497 e. The van der Waals surface area contributed by atoms with Crippen LogP contribution < -0.4 is 10.1 Å². The number of hydrogen-bond donors (Lipinski definition) is 2. The van der Waals surface area contributed by atoms with Gasteiger partial charge in [-0.1, -0.05) is 44.2 Å². The number of unbranched alkanes of at least 4 members (excludes halogenated alkanes) is 1. The monoisotopic (exact) mass is 571 g/mol. The van der Waals surface area contributed by atoms with Crippen LogP contribution in [0.2, 0.25) is 0 Å². The highest BCUT2D eigenvalue weighted by atomic mass is 32.2. The Morgan fingerprint density at radius 2 is 1.98 bits per heavy atom. The molecule has 0 radical (unpaired) electrons. The van der Waals surface area contributed by atoms with E-state index in [2.05, 4.69) is 25.2 Å². The quantitative estimate of drug-likeness (QED) is 0.307. The van der Waals surface area contributed by atoms with Crippen LogP contribution in [0.3, 0.4) is 0 Å². The molecule has 1 heterocycles. The molecule has 1 amide bonds. The highest BCUT2D eigenvalue weighted by Gasteiger charge is 2.32. The summed E-state index contributed by atoms with van der Waals surface area (Å²) in [5.74, 6) is 0.655. The first kappa shape index (κ1) is 31.6. The van der Waals surface area contributed by atoms with Gasteiger partial charge in [0.05, 0.1) is 43.4 Å². The molecule has 40 heavy (non-hydrogen) atoms. The molecule has 1 saturated heterocycles. The number of ether oxygens (including phenoxy) is 3. The van der Waals surface area contributed by atoms with Crippen LogP contribution >= 0.6 is 0 Å². The Bertz CT molecular complexity index is 1120. The molecule has 1 fully saturated rings. The molecule has 1 unspecified atom stereocenters. The maximum atomic E-state index is 13.8. The van der Waals surface area contributed by atoms with Gasteiger partial charge in [0.1, 0.15) is 22.8 Å². The Morgan fingerprint density at radius 1 is 1.25 bits per heavy atom. The largest absolute Gasteiger partial charge is 0.497 e. The third-order valence-corrected chi connectivity index (χ3v) is 8.28. The molecular formula is C30H41N3O6S. The standard InChI is InChI=1S/C30H41N3O6S/c1-30(2,16-7-8-17-31)22-33(40(36)26-13-11-24(37-3)12-14-26)20-28(34)27(19-23-9-5-4-6-10-23)32-29(35)39-25-15-18-38-21-25/h4-6,9-14,25,27-28,34H,7-8,15-16,18-22H2,1-3H3,(H,32,35)/t25-,27-,28+,40?/m0/s1. The first-order valence-electron chi connectivity index (χ1n) is 13.7. The molecular weight excluding hydrogens is 530 g/mol. The average Bonchev–Trinajstić information content (AvgIpc) is 3.45. The highest BCUT2D eigenvalue weighted by molar-refractivity contribution is 7.82. The fraction of sp³-hybridized carbons (Fsp3) is 0.533. The van der Waals surface area contributed by atoms with Gasteiger partial charge >= 0.3 is 6.09 Å². The summed E-state index contributed by atoms with van der Waals surface area (Å²) < 4.78 is 31.6. The number of methoxy groups -OCH3 is 1. The number of benzene rings is 2. The first-order valence-corrected chi connectivity index (χ1v) is 14.8. The smallest absolute Gasteiger partial charge is 0.407 e. The molecule has 3 rings (SSSR count). The normalized spacial score (nSPS) is 17.6. The van der Waals surface area contributed by atoms with Gasteiger partial charge in [0.2, 0.25) is 0 Å². The molecule has 4 atom stereocenters.